The number of halogens is 1. The molecule has 2 aromatic rings. The first-order chi connectivity index (χ1) is 10.2. The van der Waals surface area contributed by atoms with Gasteiger partial charge >= 0.3 is 0 Å². The fraction of sp³-hybridized carbons (Fsp3) is 0.125. The summed E-state index contributed by atoms with van der Waals surface area (Å²) in [6.45, 7) is 0.815. The number of carbonyl (C=O) groups excluding carboxylic acids is 1. The van der Waals surface area contributed by atoms with Gasteiger partial charge in [-0.05, 0) is 42.0 Å². The molecule has 0 saturated carbocycles. The summed E-state index contributed by atoms with van der Waals surface area (Å²) < 4.78 is 0.972. The monoisotopic (exact) mass is 343 g/mol. The Bertz CT molecular complexity index is 645. The average Bonchev–Trinajstić information content (AvgIpc) is 2.50. The molecule has 2 aromatic carbocycles. The fourth-order valence-electron chi connectivity index (χ4n) is 1.76. The molecule has 0 aromatic heterocycles. The Hall–Kier alpha value is -2.16. The lowest BCUT2D eigenvalue weighted by Gasteiger charge is -2.07. The highest BCUT2D eigenvalue weighted by atomic mass is 79.9. The second-order valence-electron chi connectivity index (χ2n) is 4.47. The third-order valence-corrected chi connectivity index (χ3v) is 3.35. The van der Waals surface area contributed by atoms with Gasteiger partial charge in [0.2, 0.25) is 5.91 Å². The Morgan fingerprint density at radius 3 is 2.38 bits per heavy atom. The highest BCUT2D eigenvalue weighted by Gasteiger charge is 2.02. The van der Waals surface area contributed by atoms with Crippen LogP contribution in [-0.4, -0.2) is 12.5 Å². The van der Waals surface area contributed by atoms with Crippen LogP contribution >= 0.6 is 15.9 Å². The van der Waals surface area contributed by atoms with Crippen LogP contribution in [0.1, 0.15) is 11.1 Å². The second kappa shape index (κ2) is 7.58. The Morgan fingerprint density at radius 2 is 1.76 bits per heavy atom. The van der Waals surface area contributed by atoms with Gasteiger partial charge in [0.15, 0.2) is 0 Å². The Labute approximate surface area is 131 Å². The van der Waals surface area contributed by atoms with E-state index in [1.165, 1.54) is 0 Å². The van der Waals surface area contributed by atoms with Crippen LogP contribution < -0.4 is 10.6 Å². The van der Waals surface area contributed by atoms with Crippen molar-refractivity contribution < 1.29 is 4.79 Å². The van der Waals surface area contributed by atoms with E-state index in [0.29, 0.717) is 12.1 Å². The molecule has 0 radical (unpaired) electrons. The number of nitrogens with zero attached hydrogens (tertiary/aromatic N) is 1. The Morgan fingerprint density at radius 1 is 1.10 bits per heavy atom. The smallest absolute Gasteiger partial charge is 0.238 e. The molecule has 1 amide bonds. The molecular formula is C16H14BrN3O. The molecule has 2 rings (SSSR count). The molecule has 106 valence electrons. The normalized spacial score (nSPS) is 9.90. The summed E-state index contributed by atoms with van der Waals surface area (Å²) in [5, 5.41) is 14.6. The van der Waals surface area contributed by atoms with Crippen molar-refractivity contribution in [2.75, 3.05) is 11.9 Å². The quantitative estimate of drug-likeness (QED) is 0.876. The van der Waals surface area contributed by atoms with Gasteiger partial charge in [0.25, 0.3) is 0 Å². The van der Waals surface area contributed by atoms with E-state index in [1.807, 2.05) is 36.4 Å². The summed E-state index contributed by atoms with van der Waals surface area (Å²) in [5.41, 5.74) is 2.43. The number of hydrogen-bond acceptors (Lipinski definition) is 3. The first-order valence-electron chi connectivity index (χ1n) is 6.42. The van der Waals surface area contributed by atoms with E-state index in [0.717, 1.165) is 15.7 Å². The minimum atomic E-state index is -0.0917. The van der Waals surface area contributed by atoms with E-state index in [4.69, 9.17) is 5.26 Å². The lowest BCUT2D eigenvalue weighted by molar-refractivity contribution is -0.115. The van der Waals surface area contributed by atoms with Crippen molar-refractivity contribution in [2.45, 2.75) is 6.54 Å². The minimum absolute atomic E-state index is 0.0917. The molecular weight excluding hydrogens is 330 g/mol. The molecule has 0 fully saturated rings. The van der Waals surface area contributed by atoms with E-state index in [-0.39, 0.29) is 12.5 Å². The third-order valence-electron chi connectivity index (χ3n) is 2.83. The van der Waals surface area contributed by atoms with E-state index in [9.17, 15) is 4.79 Å². The predicted octanol–water partition coefficient (Wildman–Crippen LogP) is 3.05. The van der Waals surface area contributed by atoms with Crippen LogP contribution in [0.3, 0.4) is 0 Å². The van der Waals surface area contributed by atoms with Crippen LogP contribution in [0.15, 0.2) is 53.0 Å². The molecule has 2 N–H and O–H groups in total. The fourth-order valence-corrected chi connectivity index (χ4v) is 2.02. The minimum Gasteiger partial charge on any atom is -0.325 e. The number of benzene rings is 2. The standard InChI is InChI=1S/C16H14BrN3O/c17-14-5-7-15(8-6-14)20-16(21)11-19-10-13-3-1-12(9-18)2-4-13/h1-8,19H,10-11H2,(H,20,21). The van der Waals surface area contributed by atoms with Crippen LogP contribution in [0.2, 0.25) is 0 Å². The predicted molar refractivity (Wildman–Crippen MR) is 85.6 cm³/mol. The zero-order valence-electron chi connectivity index (χ0n) is 11.3. The van der Waals surface area contributed by atoms with E-state index < -0.39 is 0 Å². The van der Waals surface area contributed by atoms with E-state index >= 15 is 0 Å². The van der Waals surface area contributed by atoms with Crippen LogP contribution in [0.4, 0.5) is 5.69 Å². The summed E-state index contributed by atoms with van der Waals surface area (Å²) in [7, 11) is 0. The van der Waals surface area contributed by atoms with Crippen molar-refractivity contribution in [1.29, 1.82) is 5.26 Å². The van der Waals surface area contributed by atoms with Crippen molar-refractivity contribution in [3.8, 4) is 6.07 Å². The molecule has 21 heavy (non-hydrogen) atoms. The summed E-state index contributed by atoms with van der Waals surface area (Å²) in [6.07, 6.45) is 0. The highest BCUT2D eigenvalue weighted by Crippen LogP contribution is 2.13. The molecule has 0 aliphatic heterocycles. The van der Waals surface area contributed by atoms with Crippen molar-refractivity contribution >= 4 is 27.5 Å². The molecule has 0 spiro atoms. The number of anilines is 1. The average molecular weight is 344 g/mol. The molecule has 0 aliphatic carbocycles. The van der Waals surface area contributed by atoms with Gasteiger partial charge in [0.1, 0.15) is 0 Å². The Kier molecular flexibility index (Phi) is 5.50. The lowest BCUT2D eigenvalue weighted by Crippen LogP contribution is -2.27. The number of hydrogen-bond donors (Lipinski definition) is 2. The van der Waals surface area contributed by atoms with Gasteiger partial charge in [-0.1, -0.05) is 28.1 Å². The van der Waals surface area contributed by atoms with Crippen LogP contribution in [0.25, 0.3) is 0 Å². The maximum Gasteiger partial charge on any atom is 0.238 e. The molecule has 0 aliphatic rings. The summed E-state index contributed by atoms with van der Waals surface area (Å²) in [6, 6.07) is 16.8. The van der Waals surface area contributed by atoms with Crippen molar-refractivity contribution in [2.24, 2.45) is 0 Å². The van der Waals surface area contributed by atoms with Crippen LogP contribution in [-0.2, 0) is 11.3 Å². The van der Waals surface area contributed by atoms with Gasteiger partial charge in [-0.25, -0.2) is 0 Å². The largest absolute Gasteiger partial charge is 0.325 e. The maximum absolute atomic E-state index is 11.8. The first kappa shape index (κ1) is 15.2. The SMILES string of the molecule is N#Cc1ccc(CNCC(=O)Nc2ccc(Br)cc2)cc1. The molecule has 0 atom stereocenters. The van der Waals surface area contributed by atoms with Gasteiger partial charge in [0.05, 0.1) is 18.2 Å². The summed E-state index contributed by atoms with van der Waals surface area (Å²) in [4.78, 5) is 11.8. The molecule has 5 heteroatoms. The zero-order chi connectivity index (χ0) is 15.1. The van der Waals surface area contributed by atoms with Crippen molar-refractivity contribution in [1.82, 2.24) is 5.32 Å². The number of nitriles is 1. The molecule has 0 saturated heterocycles. The van der Waals surface area contributed by atoms with Gasteiger partial charge in [-0.2, -0.15) is 5.26 Å². The number of rotatable bonds is 5. The molecule has 0 unspecified atom stereocenters. The topological polar surface area (TPSA) is 64.9 Å². The summed E-state index contributed by atoms with van der Waals surface area (Å²) in [5.74, 6) is -0.0917. The van der Waals surface area contributed by atoms with E-state index in [1.54, 1.807) is 12.1 Å². The van der Waals surface area contributed by atoms with E-state index in [2.05, 4.69) is 32.6 Å². The molecule has 4 nitrogen and oxygen atoms in total. The van der Waals surface area contributed by atoms with Crippen molar-refractivity contribution in [3.63, 3.8) is 0 Å². The first-order valence-corrected chi connectivity index (χ1v) is 7.22. The Balaban J connectivity index is 1.76. The highest BCUT2D eigenvalue weighted by molar-refractivity contribution is 9.10. The second-order valence-corrected chi connectivity index (χ2v) is 5.38. The summed E-state index contributed by atoms with van der Waals surface area (Å²) >= 11 is 3.34. The van der Waals surface area contributed by atoms with Gasteiger partial charge in [-0.3, -0.25) is 4.79 Å². The lowest BCUT2D eigenvalue weighted by atomic mass is 10.1. The third kappa shape index (κ3) is 5.03. The number of amides is 1. The van der Waals surface area contributed by atoms with Gasteiger partial charge in [-0.15, -0.1) is 0 Å². The van der Waals surface area contributed by atoms with Crippen molar-refractivity contribution in [3.05, 3.63) is 64.1 Å². The zero-order valence-corrected chi connectivity index (χ0v) is 12.9. The van der Waals surface area contributed by atoms with Crippen LogP contribution in [0, 0.1) is 11.3 Å². The number of nitrogens with one attached hydrogen (secondary N) is 2. The van der Waals surface area contributed by atoms with Gasteiger partial charge in [0, 0.05) is 16.7 Å². The van der Waals surface area contributed by atoms with Gasteiger partial charge < -0.3 is 10.6 Å². The maximum atomic E-state index is 11.8. The molecule has 0 heterocycles. The molecule has 0 bridgehead atoms. The van der Waals surface area contributed by atoms with Crippen LogP contribution in [0.5, 0.6) is 0 Å². The number of carbonyl (C=O) groups is 1.